The summed E-state index contributed by atoms with van der Waals surface area (Å²) >= 11 is 14.2. The maximum Gasteiger partial charge on any atom is 0.333 e. The van der Waals surface area contributed by atoms with E-state index in [9.17, 15) is 19.9 Å². The number of carboxylic acids is 1. The molecule has 2 N–H and O–H groups in total. The number of nitrogens with zero attached hydrogens (tertiary/aromatic N) is 2. The number of carbonyl (C=O) groups is 2. The molecule has 1 unspecified atom stereocenters. The van der Waals surface area contributed by atoms with Crippen LogP contribution in [0.3, 0.4) is 0 Å². The summed E-state index contributed by atoms with van der Waals surface area (Å²) in [6.07, 6.45) is 4.53. The van der Waals surface area contributed by atoms with Gasteiger partial charge in [0.1, 0.15) is 16.1 Å². The number of methoxy groups -OCH3 is 3. The van der Waals surface area contributed by atoms with Crippen molar-refractivity contribution < 1.29 is 43.6 Å². The number of esters is 1. The van der Waals surface area contributed by atoms with Gasteiger partial charge in [-0.1, -0.05) is 59.6 Å². The van der Waals surface area contributed by atoms with E-state index in [-0.39, 0.29) is 40.6 Å². The lowest BCUT2D eigenvalue weighted by atomic mass is 9.85. The SMILES string of the molecule is COCC(NCc1cc([C@@H](Cc2c(Cl)c[n+](O)cc2Cl)c2ccc(OC)c(OC)c2)c(C(=O)[O-])s1)(C(=O)O[C@H]1CN2CCC1CC2)c1ccccc1. The van der Waals surface area contributed by atoms with E-state index in [4.69, 9.17) is 42.1 Å². The first-order valence-electron chi connectivity index (χ1n) is 16.9. The lowest BCUT2D eigenvalue weighted by Crippen LogP contribution is -2.57. The molecule has 4 aromatic rings. The molecule has 2 aromatic carbocycles. The van der Waals surface area contributed by atoms with E-state index >= 15 is 0 Å². The molecule has 276 valence electrons. The first-order chi connectivity index (χ1) is 25.1. The molecule has 0 radical (unpaired) electrons. The fourth-order valence-corrected chi connectivity index (χ4v) is 8.93. The summed E-state index contributed by atoms with van der Waals surface area (Å²) < 4.78 is 23.8. The van der Waals surface area contributed by atoms with Crippen LogP contribution in [0.5, 0.6) is 11.5 Å². The average molecular weight is 771 g/mol. The van der Waals surface area contributed by atoms with E-state index in [1.807, 2.05) is 36.4 Å². The number of hydrogen-bond donors (Lipinski definition) is 2. The lowest BCUT2D eigenvalue weighted by molar-refractivity contribution is -0.904. The van der Waals surface area contributed by atoms with Gasteiger partial charge in [0.25, 0.3) is 0 Å². The van der Waals surface area contributed by atoms with Crippen LogP contribution in [0.15, 0.2) is 67.0 Å². The van der Waals surface area contributed by atoms with Gasteiger partial charge in [0.2, 0.25) is 12.4 Å². The quantitative estimate of drug-likeness (QED) is 0.100. The summed E-state index contributed by atoms with van der Waals surface area (Å²) in [5, 5.41) is 26.6. The van der Waals surface area contributed by atoms with Crippen LogP contribution < -0.4 is 24.6 Å². The standard InChI is InChI=1S/C38H41Cl2N3O8S/c1-48-22-38(25-7-5-4-6-8-25,37(46)51-34-21-42-13-11-23(34)12-14-42)41-18-26-16-28(35(52-26)36(44)45)27(17-29-30(39)19-43(47)20-31(29)40)24-9-10-32(49-2)33(15-24)50-3/h4-10,15-16,19-20,23,27,34,41H,11-14,17-18,21-22H2,1-3H3,(H-,44,45,47)/t27-,34-,38?/m0/s1. The van der Waals surface area contributed by atoms with E-state index in [0.717, 1.165) is 42.0 Å². The number of benzene rings is 2. The number of ether oxygens (including phenoxy) is 4. The van der Waals surface area contributed by atoms with Crippen LogP contribution in [0.4, 0.5) is 0 Å². The molecule has 2 aromatic heterocycles. The van der Waals surface area contributed by atoms with E-state index in [1.165, 1.54) is 33.7 Å². The van der Waals surface area contributed by atoms with Crippen molar-refractivity contribution in [3.05, 3.63) is 109 Å². The van der Waals surface area contributed by atoms with E-state index in [1.54, 1.807) is 18.2 Å². The number of hydrogen-bond acceptors (Lipinski definition) is 11. The molecule has 3 aliphatic heterocycles. The molecular formula is C38H41Cl2N3O8S. The summed E-state index contributed by atoms with van der Waals surface area (Å²) in [5.74, 6) is -1.17. The summed E-state index contributed by atoms with van der Waals surface area (Å²) in [6, 6.07) is 16.4. The Morgan fingerprint density at radius 1 is 1.04 bits per heavy atom. The lowest BCUT2D eigenvalue weighted by Gasteiger charge is -2.45. The van der Waals surface area contributed by atoms with Crippen LogP contribution in [-0.2, 0) is 32.8 Å². The third-order valence-corrected chi connectivity index (χ3v) is 11.8. The fraction of sp³-hybridized carbons (Fsp3) is 0.395. The number of piperidine rings is 3. The topological polar surface area (TPSA) is 134 Å². The van der Waals surface area contributed by atoms with Gasteiger partial charge in [-0.3, -0.25) is 15.4 Å². The maximum atomic E-state index is 14.3. The largest absolute Gasteiger partial charge is 0.544 e. The first-order valence-corrected chi connectivity index (χ1v) is 18.5. The number of carboxylic acid groups (broad SMARTS) is 1. The van der Waals surface area contributed by atoms with Crippen LogP contribution in [0, 0.1) is 5.92 Å². The van der Waals surface area contributed by atoms with E-state index in [0.29, 0.717) is 51.1 Å². The number of pyridine rings is 1. The number of fused-ring (bicyclic) bond motifs is 3. The minimum absolute atomic E-state index is 0.00360. The Labute approximate surface area is 316 Å². The molecule has 52 heavy (non-hydrogen) atoms. The van der Waals surface area contributed by atoms with Gasteiger partial charge in [0, 0.05) is 41.3 Å². The zero-order chi connectivity index (χ0) is 37.0. The molecule has 0 spiro atoms. The van der Waals surface area contributed by atoms with Crippen LogP contribution in [0.25, 0.3) is 0 Å². The van der Waals surface area contributed by atoms with Crippen molar-refractivity contribution in [1.29, 1.82) is 0 Å². The smallest absolute Gasteiger partial charge is 0.333 e. The molecule has 5 heterocycles. The second-order valence-corrected chi connectivity index (χ2v) is 15.1. The number of carbonyl (C=O) groups excluding carboxylic acids is 2. The van der Waals surface area contributed by atoms with Crippen molar-refractivity contribution in [2.75, 3.05) is 47.6 Å². The highest BCUT2D eigenvalue weighted by Gasteiger charge is 2.45. The van der Waals surface area contributed by atoms with Gasteiger partial charge in [-0.25, -0.2) is 4.79 Å². The molecule has 0 saturated carbocycles. The van der Waals surface area contributed by atoms with Gasteiger partial charge in [0.05, 0.1) is 31.7 Å². The van der Waals surface area contributed by atoms with Gasteiger partial charge < -0.3 is 28.8 Å². The Bertz CT molecular complexity index is 1880. The van der Waals surface area contributed by atoms with E-state index in [2.05, 4.69) is 10.2 Å². The Hall–Kier alpha value is -3.91. The third kappa shape index (κ3) is 7.87. The molecular weight excluding hydrogens is 729 g/mol. The molecule has 2 bridgehead atoms. The van der Waals surface area contributed by atoms with Gasteiger partial charge in [0.15, 0.2) is 17.0 Å². The van der Waals surface area contributed by atoms with Crippen LogP contribution in [-0.4, -0.2) is 75.7 Å². The summed E-state index contributed by atoms with van der Waals surface area (Å²) in [4.78, 5) is 30.1. The molecule has 11 nitrogen and oxygen atoms in total. The maximum absolute atomic E-state index is 14.3. The molecule has 3 saturated heterocycles. The second-order valence-electron chi connectivity index (χ2n) is 13.1. The zero-order valence-corrected chi connectivity index (χ0v) is 31.4. The van der Waals surface area contributed by atoms with Gasteiger partial charge in [-0.2, -0.15) is 0 Å². The number of thiophene rings is 1. The van der Waals surface area contributed by atoms with Crippen molar-refractivity contribution in [2.45, 2.75) is 43.4 Å². The number of nitrogens with one attached hydrogen (secondary N) is 1. The molecule has 0 amide bonds. The number of rotatable bonds is 15. The molecule has 3 atom stereocenters. The summed E-state index contributed by atoms with van der Waals surface area (Å²) in [6.45, 7) is 2.80. The van der Waals surface area contributed by atoms with Crippen LogP contribution >= 0.6 is 34.5 Å². The third-order valence-electron chi connectivity index (χ3n) is 10.1. The number of halogens is 2. The van der Waals surface area contributed by atoms with Crippen molar-refractivity contribution in [1.82, 2.24) is 10.2 Å². The Kier molecular flexibility index (Phi) is 11.9. The molecule has 7 rings (SSSR count). The predicted octanol–water partition coefficient (Wildman–Crippen LogP) is 4.60. The van der Waals surface area contributed by atoms with Gasteiger partial charge in [-0.05, 0) is 73.2 Å². The number of aromatic carboxylic acids is 1. The van der Waals surface area contributed by atoms with Gasteiger partial charge in [-0.15, -0.1) is 11.3 Å². The predicted molar refractivity (Wildman–Crippen MR) is 193 cm³/mol. The molecule has 14 heteroatoms. The fourth-order valence-electron chi connectivity index (χ4n) is 7.32. The van der Waals surface area contributed by atoms with Gasteiger partial charge >= 0.3 is 5.97 Å². The molecule has 3 aliphatic rings. The first kappa shape index (κ1) is 37.8. The molecule has 3 fully saturated rings. The van der Waals surface area contributed by atoms with Crippen molar-refractivity contribution in [2.24, 2.45) is 5.92 Å². The zero-order valence-electron chi connectivity index (χ0n) is 29.1. The van der Waals surface area contributed by atoms with Crippen LogP contribution in [0.1, 0.15) is 55.6 Å². The normalized spacial score (nSPS) is 19.8. The Balaban J connectivity index is 1.38. The summed E-state index contributed by atoms with van der Waals surface area (Å²) in [5.41, 5.74) is 0.930. The highest BCUT2D eigenvalue weighted by molar-refractivity contribution is 7.14. The van der Waals surface area contributed by atoms with Crippen LogP contribution in [0.2, 0.25) is 10.0 Å². The minimum Gasteiger partial charge on any atom is -0.544 e. The average Bonchev–Trinajstić information content (AvgIpc) is 3.58. The highest BCUT2D eigenvalue weighted by atomic mass is 35.5. The Morgan fingerprint density at radius 2 is 1.73 bits per heavy atom. The highest BCUT2D eigenvalue weighted by Crippen LogP contribution is 2.41. The number of aromatic nitrogens is 1. The molecule has 0 aliphatic carbocycles. The second kappa shape index (κ2) is 16.4. The monoisotopic (exact) mass is 769 g/mol. The van der Waals surface area contributed by atoms with Crippen molar-refractivity contribution in [3.8, 4) is 11.5 Å². The summed E-state index contributed by atoms with van der Waals surface area (Å²) in [7, 11) is 4.58. The minimum atomic E-state index is -1.39. The van der Waals surface area contributed by atoms with E-state index < -0.39 is 23.4 Å². The van der Waals surface area contributed by atoms with Crippen molar-refractivity contribution in [3.63, 3.8) is 0 Å². The van der Waals surface area contributed by atoms with Crippen molar-refractivity contribution >= 4 is 46.5 Å². The Morgan fingerprint density at radius 3 is 2.33 bits per heavy atom.